The monoisotopic (exact) mass is 255 g/mol. The van der Waals surface area contributed by atoms with Crippen molar-refractivity contribution >= 4 is 12.4 Å². The van der Waals surface area contributed by atoms with Gasteiger partial charge in [0, 0.05) is 25.3 Å². The van der Waals surface area contributed by atoms with E-state index in [1.54, 1.807) is 0 Å². The Morgan fingerprint density at radius 2 is 2.29 bits per heavy atom. The van der Waals surface area contributed by atoms with Crippen molar-refractivity contribution in [3.05, 3.63) is 29.6 Å². The highest BCUT2D eigenvalue weighted by atomic mass is 35.5. The quantitative estimate of drug-likeness (QED) is 0.898. The molecule has 3 nitrogen and oxygen atoms in total. The van der Waals surface area contributed by atoms with Crippen molar-refractivity contribution in [1.82, 2.24) is 9.88 Å². The molecule has 2 atom stereocenters. The van der Waals surface area contributed by atoms with Crippen molar-refractivity contribution in [1.29, 1.82) is 0 Å². The van der Waals surface area contributed by atoms with Gasteiger partial charge < -0.3 is 5.73 Å². The van der Waals surface area contributed by atoms with Crippen LogP contribution < -0.4 is 5.73 Å². The standard InChI is InChI=1S/C13H21N3.ClH/c1-10-3-4-13(15-7-10)9-16-6-5-12(8-16)11(2)14;/h3-4,7,11-12H,5-6,8-9,14H2,1-2H3;1H. The Balaban J connectivity index is 0.00000144. The van der Waals surface area contributed by atoms with Gasteiger partial charge in [-0.05, 0) is 44.4 Å². The number of nitrogens with zero attached hydrogens (tertiary/aromatic N) is 2. The highest BCUT2D eigenvalue weighted by Crippen LogP contribution is 2.20. The van der Waals surface area contributed by atoms with Crippen molar-refractivity contribution in [2.75, 3.05) is 13.1 Å². The second kappa shape index (κ2) is 6.34. The molecule has 0 aliphatic carbocycles. The Bertz CT molecular complexity index is 337. The molecule has 0 amide bonds. The third-order valence-corrected chi connectivity index (χ3v) is 3.41. The van der Waals surface area contributed by atoms with Gasteiger partial charge in [-0.15, -0.1) is 12.4 Å². The van der Waals surface area contributed by atoms with Crippen LogP contribution in [-0.4, -0.2) is 29.0 Å². The van der Waals surface area contributed by atoms with E-state index in [1.165, 1.54) is 12.0 Å². The summed E-state index contributed by atoms with van der Waals surface area (Å²) in [5.74, 6) is 0.658. The van der Waals surface area contributed by atoms with Gasteiger partial charge in [0.1, 0.15) is 0 Å². The molecule has 1 aliphatic heterocycles. The number of hydrogen-bond acceptors (Lipinski definition) is 3. The van der Waals surface area contributed by atoms with E-state index in [1.807, 2.05) is 6.20 Å². The second-order valence-corrected chi connectivity index (χ2v) is 4.97. The molecule has 2 N–H and O–H groups in total. The minimum Gasteiger partial charge on any atom is -0.328 e. The Morgan fingerprint density at radius 1 is 1.53 bits per heavy atom. The fourth-order valence-electron chi connectivity index (χ4n) is 2.26. The van der Waals surface area contributed by atoms with Crippen molar-refractivity contribution in [3.63, 3.8) is 0 Å². The van der Waals surface area contributed by atoms with Crippen LogP contribution in [0.25, 0.3) is 0 Å². The molecule has 1 saturated heterocycles. The van der Waals surface area contributed by atoms with Crippen molar-refractivity contribution in [2.24, 2.45) is 11.7 Å². The van der Waals surface area contributed by atoms with Gasteiger partial charge in [0.05, 0.1) is 5.69 Å². The second-order valence-electron chi connectivity index (χ2n) is 4.97. The molecule has 0 radical (unpaired) electrons. The SMILES string of the molecule is Cc1ccc(CN2CCC(C(C)N)C2)nc1.Cl. The zero-order valence-electron chi connectivity index (χ0n) is 10.6. The first-order chi connectivity index (χ1) is 7.65. The summed E-state index contributed by atoms with van der Waals surface area (Å²) in [4.78, 5) is 6.89. The summed E-state index contributed by atoms with van der Waals surface area (Å²) >= 11 is 0. The topological polar surface area (TPSA) is 42.1 Å². The molecule has 1 fully saturated rings. The molecule has 1 aliphatic rings. The average Bonchev–Trinajstić information content (AvgIpc) is 2.70. The predicted molar refractivity (Wildman–Crippen MR) is 73.3 cm³/mol. The maximum atomic E-state index is 5.93. The molecule has 17 heavy (non-hydrogen) atoms. The lowest BCUT2D eigenvalue weighted by Gasteiger charge is -2.17. The van der Waals surface area contributed by atoms with Crippen LogP contribution in [0.3, 0.4) is 0 Å². The molecule has 2 rings (SSSR count). The van der Waals surface area contributed by atoms with E-state index in [0.717, 1.165) is 25.3 Å². The third-order valence-electron chi connectivity index (χ3n) is 3.41. The third kappa shape index (κ3) is 3.95. The normalized spacial score (nSPS) is 22.2. The largest absolute Gasteiger partial charge is 0.328 e. The Labute approximate surface area is 110 Å². The van der Waals surface area contributed by atoms with Crippen LogP contribution in [0.2, 0.25) is 0 Å². The average molecular weight is 256 g/mol. The van der Waals surface area contributed by atoms with E-state index in [2.05, 4.69) is 35.9 Å². The maximum absolute atomic E-state index is 5.93. The van der Waals surface area contributed by atoms with E-state index < -0.39 is 0 Å². The van der Waals surface area contributed by atoms with Gasteiger partial charge in [-0.1, -0.05) is 6.07 Å². The summed E-state index contributed by atoms with van der Waals surface area (Å²) in [5.41, 5.74) is 8.31. The van der Waals surface area contributed by atoms with E-state index in [-0.39, 0.29) is 12.4 Å². The Kier molecular flexibility index (Phi) is 5.37. The van der Waals surface area contributed by atoms with E-state index in [0.29, 0.717) is 12.0 Å². The summed E-state index contributed by atoms with van der Waals surface area (Å²) in [6.45, 7) is 7.41. The molecule has 2 unspecified atom stereocenters. The number of nitrogens with two attached hydrogens (primary N) is 1. The lowest BCUT2D eigenvalue weighted by molar-refractivity contribution is 0.305. The molecule has 2 heterocycles. The van der Waals surface area contributed by atoms with Crippen LogP contribution in [0.5, 0.6) is 0 Å². The number of likely N-dealkylation sites (tertiary alicyclic amines) is 1. The minimum absolute atomic E-state index is 0. The van der Waals surface area contributed by atoms with Gasteiger partial charge in [0.15, 0.2) is 0 Å². The predicted octanol–water partition coefficient (Wildman–Crippen LogP) is 1.98. The first kappa shape index (κ1) is 14.4. The molecular weight excluding hydrogens is 234 g/mol. The molecule has 0 spiro atoms. The summed E-state index contributed by atoms with van der Waals surface area (Å²) in [7, 11) is 0. The smallest absolute Gasteiger partial charge is 0.0544 e. The molecule has 1 aromatic heterocycles. The van der Waals surface area contributed by atoms with Crippen LogP contribution in [0.15, 0.2) is 18.3 Å². The number of hydrogen-bond donors (Lipinski definition) is 1. The molecule has 4 heteroatoms. The molecule has 0 saturated carbocycles. The maximum Gasteiger partial charge on any atom is 0.0544 e. The molecular formula is C13H22ClN3. The van der Waals surface area contributed by atoms with Crippen LogP contribution in [-0.2, 0) is 6.54 Å². The van der Waals surface area contributed by atoms with Crippen LogP contribution in [0.1, 0.15) is 24.6 Å². The van der Waals surface area contributed by atoms with E-state index >= 15 is 0 Å². The van der Waals surface area contributed by atoms with E-state index in [9.17, 15) is 0 Å². The number of rotatable bonds is 3. The summed E-state index contributed by atoms with van der Waals surface area (Å²) in [6, 6.07) is 4.56. The number of halogens is 1. The zero-order chi connectivity index (χ0) is 11.5. The van der Waals surface area contributed by atoms with Gasteiger partial charge in [-0.3, -0.25) is 9.88 Å². The summed E-state index contributed by atoms with van der Waals surface area (Å²) < 4.78 is 0. The van der Waals surface area contributed by atoms with Gasteiger partial charge in [0.25, 0.3) is 0 Å². The molecule has 0 aromatic carbocycles. The fraction of sp³-hybridized carbons (Fsp3) is 0.615. The highest BCUT2D eigenvalue weighted by Gasteiger charge is 2.25. The lowest BCUT2D eigenvalue weighted by Crippen LogP contribution is -2.29. The Morgan fingerprint density at radius 3 is 2.82 bits per heavy atom. The van der Waals surface area contributed by atoms with Gasteiger partial charge in [-0.25, -0.2) is 0 Å². The van der Waals surface area contributed by atoms with Crippen molar-refractivity contribution in [2.45, 2.75) is 32.9 Å². The lowest BCUT2D eigenvalue weighted by atomic mass is 10.0. The molecule has 96 valence electrons. The zero-order valence-corrected chi connectivity index (χ0v) is 11.4. The van der Waals surface area contributed by atoms with E-state index in [4.69, 9.17) is 5.73 Å². The van der Waals surface area contributed by atoms with Crippen LogP contribution in [0.4, 0.5) is 0 Å². The Hall–Kier alpha value is -0.640. The summed E-state index contributed by atoms with van der Waals surface area (Å²) in [6.07, 6.45) is 3.16. The fourth-order valence-corrected chi connectivity index (χ4v) is 2.26. The number of aromatic nitrogens is 1. The molecule has 1 aromatic rings. The minimum atomic E-state index is 0. The van der Waals surface area contributed by atoms with Gasteiger partial charge in [-0.2, -0.15) is 0 Å². The van der Waals surface area contributed by atoms with Gasteiger partial charge >= 0.3 is 0 Å². The van der Waals surface area contributed by atoms with Crippen molar-refractivity contribution < 1.29 is 0 Å². The van der Waals surface area contributed by atoms with Gasteiger partial charge in [0.2, 0.25) is 0 Å². The van der Waals surface area contributed by atoms with Crippen molar-refractivity contribution in [3.8, 4) is 0 Å². The highest BCUT2D eigenvalue weighted by molar-refractivity contribution is 5.85. The number of aryl methyl sites for hydroxylation is 1. The summed E-state index contributed by atoms with van der Waals surface area (Å²) in [5, 5.41) is 0. The number of pyridine rings is 1. The van der Waals surface area contributed by atoms with Crippen LogP contribution in [0, 0.1) is 12.8 Å². The molecule has 0 bridgehead atoms. The first-order valence-electron chi connectivity index (χ1n) is 6.04. The first-order valence-corrected chi connectivity index (χ1v) is 6.04. The van der Waals surface area contributed by atoms with Crippen LogP contribution >= 0.6 is 12.4 Å².